The molecule has 0 aliphatic carbocycles. The number of amides is 1. The Hall–Kier alpha value is -3.03. The van der Waals surface area contributed by atoms with Gasteiger partial charge in [-0.05, 0) is 74.4 Å². The molecule has 0 atom stereocenters. The van der Waals surface area contributed by atoms with Gasteiger partial charge in [0.25, 0.3) is 10.0 Å². The average molecular weight is 473 g/mol. The third-order valence-electron chi connectivity index (χ3n) is 4.71. The molecule has 0 heterocycles. The van der Waals surface area contributed by atoms with Gasteiger partial charge in [-0.2, -0.15) is 0 Å². The first-order valence-corrected chi connectivity index (χ1v) is 12.0. The lowest BCUT2D eigenvalue weighted by Crippen LogP contribution is -2.14. The molecule has 2 N–H and O–H groups in total. The molecule has 0 saturated heterocycles. The van der Waals surface area contributed by atoms with Gasteiger partial charge in [0.2, 0.25) is 5.91 Å². The highest BCUT2D eigenvalue weighted by molar-refractivity contribution is 7.92. The van der Waals surface area contributed by atoms with Gasteiger partial charge in [-0.1, -0.05) is 35.4 Å². The van der Waals surface area contributed by atoms with Crippen LogP contribution in [0.5, 0.6) is 5.75 Å². The summed E-state index contributed by atoms with van der Waals surface area (Å²) in [6.07, 6.45) is 0.858. The molecule has 3 aromatic rings. The highest BCUT2D eigenvalue weighted by atomic mass is 35.5. The lowest BCUT2D eigenvalue weighted by molar-refractivity contribution is -0.116. The van der Waals surface area contributed by atoms with Crippen molar-refractivity contribution in [2.75, 3.05) is 16.6 Å². The van der Waals surface area contributed by atoms with Gasteiger partial charge in [-0.15, -0.1) is 0 Å². The number of anilines is 2. The van der Waals surface area contributed by atoms with Gasteiger partial charge in [0.05, 0.1) is 17.2 Å². The predicted octanol–water partition coefficient (Wildman–Crippen LogP) is 5.56. The van der Waals surface area contributed by atoms with Crippen molar-refractivity contribution >= 4 is 38.9 Å². The standard InChI is InChI=1S/C24H25ClN2O4S/c1-17-5-11-21(12-6-17)31-15-3-4-24(28)26-19-9-13-22(14-10-19)32(29,30)27-20-8-7-18(2)23(25)16-20/h5-14,16,27H,3-4,15H2,1-2H3,(H,26,28). The van der Waals surface area contributed by atoms with Crippen LogP contribution in [0.3, 0.4) is 0 Å². The fraction of sp³-hybridized carbons (Fsp3) is 0.208. The van der Waals surface area contributed by atoms with Crippen LogP contribution in [0.4, 0.5) is 11.4 Å². The van der Waals surface area contributed by atoms with Crippen LogP contribution in [-0.2, 0) is 14.8 Å². The Labute approximate surface area is 193 Å². The van der Waals surface area contributed by atoms with Gasteiger partial charge in [0.1, 0.15) is 5.75 Å². The zero-order chi connectivity index (χ0) is 23.1. The maximum Gasteiger partial charge on any atom is 0.261 e. The van der Waals surface area contributed by atoms with Crippen molar-refractivity contribution in [3.63, 3.8) is 0 Å². The summed E-state index contributed by atoms with van der Waals surface area (Å²) < 4.78 is 33.3. The van der Waals surface area contributed by atoms with E-state index in [4.69, 9.17) is 16.3 Å². The smallest absolute Gasteiger partial charge is 0.261 e. The number of hydrogen-bond acceptors (Lipinski definition) is 4. The maximum absolute atomic E-state index is 12.6. The zero-order valence-corrected chi connectivity index (χ0v) is 19.5. The summed E-state index contributed by atoms with van der Waals surface area (Å²) in [5.41, 5.74) is 2.92. The van der Waals surface area contributed by atoms with Crippen molar-refractivity contribution < 1.29 is 17.9 Å². The van der Waals surface area contributed by atoms with E-state index in [2.05, 4.69) is 10.0 Å². The molecule has 0 spiro atoms. The molecule has 168 valence electrons. The average Bonchev–Trinajstić information content (AvgIpc) is 2.75. The molecule has 3 aromatic carbocycles. The Bertz CT molecular complexity index is 1180. The summed E-state index contributed by atoms with van der Waals surface area (Å²) in [6.45, 7) is 4.28. The Balaban J connectivity index is 1.49. The second-order valence-corrected chi connectivity index (χ2v) is 9.50. The van der Waals surface area contributed by atoms with Crippen LogP contribution >= 0.6 is 11.6 Å². The molecule has 32 heavy (non-hydrogen) atoms. The Morgan fingerprint density at radius 3 is 2.25 bits per heavy atom. The molecule has 0 radical (unpaired) electrons. The molecule has 0 aliphatic heterocycles. The Kier molecular flexibility index (Phi) is 7.77. The van der Waals surface area contributed by atoms with Gasteiger partial charge in [-0.25, -0.2) is 8.42 Å². The minimum absolute atomic E-state index is 0.0821. The Morgan fingerprint density at radius 2 is 1.59 bits per heavy atom. The minimum Gasteiger partial charge on any atom is -0.494 e. The van der Waals surface area contributed by atoms with E-state index in [-0.39, 0.29) is 10.8 Å². The summed E-state index contributed by atoms with van der Waals surface area (Å²) in [5, 5.41) is 3.24. The highest BCUT2D eigenvalue weighted by Crippen LogP contribution is 2.23. The van der Waals surface area contributed by atoms with Crippen molar-refractivity contribution in [3.8, 4) is 5.75 Å². The first-order valence-electron chi connectivity index (χ1n) is 10.1. The molecule has 0 bridgehead atoms. The summed E-state index contributed by atoms with van der Waals surface area (Å²) in [6, 6.07) is 18.7. The van der Waals surface area contributed by atoms with Gasteiger partial charge in [0.15, 0.2) is 0 Å². The third kappa shape index (κ3) is 6.73. The van der Waals surface area contributed by atoms with Crippen molar-refractivity contribution in [1.29, 1.82) is 0 Å². The number of halogens is 1. The molecule has 8 heteroatoms. The SMILES string of the molecule is Cc1ccc(OCCCC(=O)Nc2ccc(S(=O)(=O)Nc3ccc(C)c(Cl)c3)cc2)cc1. The van der Waals surface area contributed by atoms with E-state index in [0.717, 1.165) is 16.9 Å². The molecular weight excluding hydrogens is 448 g/mol. The largest absolute Gasteiger partial charge is 0.494 e. The number of nitrogens with one attached hydrogen (secondary N) is 2. The van der Waals surface area contributed by atoms with E-state index in [1.54, 1.807) is 30.3 Å². The number of ether oxygens (including phenoxy) is 1. The quantitative estimate of drug-likeness (QED) is 0.399. The molecule has 0 saturated carbocycles. The molecule has 0 fully saturated rings. The van der Waals surface area contributed by atoms with Gasteiger partial charge in [0, 0.05) is 17.1 Å². The lowest BCUT2D eigenvalue weighted by Gasteiger charge is -2.11. The molecule has 3 rings (SSSR count). The molecule has 0 unspecified atom stereocenters. The molecule has 0 aliphatic rings. The summed E-state index contributed by atoms with van der Waals surface area (Å²) in [4.78, 5) is 12.2. The number of aryl methyl sites for hydroxylation is 2. The Morgan fingerprint density at radius 1 is 0.938 bits per heavy atom. The van der Waals surface area contributed by atoms with E-state index in [0.29, 0.717) is 35.8 Å². The fourth-order valence-corrected chi connectivity index (χ4v) is 4.10. The van der Waals surface area contributed by atoms with Gasteiger partial charge < -0.3 is 10.1 Å². The number of carbonyl (C=O) groups excluding carboxylic acids is 1. The van der Waals surface area contributed by atoms with E-state index in [9.17, 15) is 13.2 Å². The number of hydrogen-bond donors (Lipinski definition) is 2. The van der Waals surface area contributed by atoms with Crippen LogP contribution in [0.2, 0.25) is 5.02 Å². The maximum atomic E-state index is 12.6. The summed E-state index contributed by atoms with van der Waals surface area (Å²) in [5.74, 6) is 0.606. The number of benzene rings is 3. The normalized spacial score (nSPS) is 11.1. The van der Waals surface area contributed by atoms with Crippen LogP contribution in [0.25, 0.3) is 0 Å². The number of rotatable bonds is 9. The van der Waals surface area contributed by atoms with Crippen LogP contribution in [-0.4, -0.2) is 20.9 Å². The van der Waals surface area contributed by atoms with Gasteiger partial charge >= 0.3 is 0 Å². The fourth-order valence-electron chi connectivity index (χ4n) is 2.87. The molecule has 0 aromatic heterocycles. The van der Waals surface area contributed by atoms with Crippen LogP contribution in [0.15, 0.2) is 71.6 Å². The summed E-state index contributed by atoms with van der Waals surface area (Å²) >= 11 is 6.06. The number of sulfonamides is 1. The number of carbonyl (C=O) groups is 1. The first-order chi connectivity index (χ1) is 15.2. The van der Waals surface area contributed by atoms with Crippen molar-refractivity contribution in [2.24, 2.45) is 0 Å². The lowest BCUT2D eigenvalue weighted by atomic mass is 10.2. The predicted molar refractivity (Wildman–Crippen MR) is 128 cm³/mol. The monoisotopic (exact) mass is 472 g/mol. The van der Waals surface area contributed by atoms with E-state index < -0.39 is 10.0 Å². The zero-order valence-electron chi connectivity index (χ0n) is 17.9. The first kappa shape index (κ1) is 23.6. The van der Waals surface area contributed by atoms with E-state index in [1.807, 2.05) is 38.1 Å². The second-order valence-electron chi connectivity index (χ2n) is 7.41. The molecule has 1 amide bonds. The summed E-state index contributed by atoms with van der Waals surface area (Å²) in [7, 11) is -3.77. The molecular formula is C24H25ClN2O4S. The third-order valence-corrected chi connectivity index (χ3v) is 6.51. The van der Waals surface area contributed by atoms with Crippen LogP contribution in [0, 0.1) is 13.8 Å². The van der Waals surface area contributed by atoms with Crippen molar-refractivity contribution in [2.45, 2.75) is 31.6 Å². The van der Waals surface area contributed by atoms with E-state index in [1.165, 1.54) is 12.1 Å². The van der Waals surface area contributed by atoms with E-state index >= 15 is 0 Å². The highest BCUT2D eigenvalue weighted by Gasteiger charge is 2.15. The van der Waals surface area contributed by atoms with Gasteiger partial charge in [-0.3, -0.25) is 9.52 Å². The second kappa shape index (κ2) is 10.5. The van der Waals surface area contributed by atoms with Crippen LogP contribution in [0.1, 0.15) is 24.0 Å². The molecule has 6 nitrogen and oxygen atoms in total. The van der Waals surface area contributed by atoms with Crippen LogP contribution < -0.4 is 14.8 Å². The van der Waals surface area contributed by atoms with Crippen molar-refractivity contribution in [3.05, 3.63) is 82.9 Å². The topological polar surface area (TPSA) is 84.5 Å². The minimum atomic E-state index is -3.77. The van der Waals surface area contributed by atoms with Crippen molar-refractivity contribution in [1.82, 2.24) is 0 Å².